The molecule has 2 N–H and O–H groups in total. The number of nitrogens with zero attached hydrogens (tertiary/aromatic N) is 1. The summed E-state index contributed by atoms with van der Waals surface area (Å²) in [5.41, 5.74) is 2.54. The maximum atomic E-state index is 13.4. The first-order valence-corrected chi connectivity index (χ1v) is 10.2. The predicted molar refractivity (Wildman–Crippen MR) is 117 cm³/mol. The Bertz CT molecular complexity index is 1040. The van der Waals surface area contributed by atoms with Crippen LogP contribution in [0.1, 0.15) is 24.2 Å². The van der Waals surface area contributed by atoms with Gasteiger partial charge >= 0.3 is 6.03 Å². The Kier molecular flexibility index (Phi) is 5.27. The molecule has 0 atom stereocenters. The second kappa shape index (κ2) is 8.01. The monoisotopic (exact) mass is 403 g/mol. The standard InChI is InChI=1S/C23H21N3O2S/c1-15(2)24-22(27)16-9-3-4-10-17(16)25-23(28)26-18-11-5-7-13-20(18)29-21-14-8-6-12-19(21)26/h3-15H,1-2H3,(H,24,27)(H,25,28). The fourth-order valence-electron chi connectivity index (χ4n) is 3.22. The van der Waals surface area contributed by atoms with E-state index in [9.17, 15) is 9.59 Å². The van der Waals surface area contributed by atoms with E-state index in [1.807, 2.05) is 62.4 Å². The normalized spacial score (nSPS) is 12.2. The summed E-state index contributed by atoms with van der Waals surface area (Å²) < 4.78 is 0. The zero-order valence-corrected chi connectivity index (χ0v) is 17.0. The molecule has 29 heavy (non-hydrogen) atoms. The van der Waals surface area contributed by atoms with Gasteiger partial charge in [-0.25, -0.2) is 4.79 Å². The van der Waals surface area contributed by atoms with E-state index >= 15 is 0 Å². The van der Waals surface area contributed by atoms with Crippen LogP contribution < -0.4 is 15.5 Å². The van der Waals surface area contributed by atoms with Crippen LogP contribution in [0.15, 0.2) is 82.6 Å². The van der Waals surface area contributed by atoms with Crippen molar-refractivity contribution in [3.8, 4) is 0 Å². The van der Waals surface area contributed by atoms with Crippen LogP contribution in [0.25, 0.3) is 0 Å². The third-order valence-corrected chi connectivity index (χ3v) is 5.60. The van der Waals surface area contributed by atoms with Gasteiger partial charge in [-0.15, -0.1) is 0 Å². The van der Waals surface area contributed by atoms with Crippen molar-refractivity contribution in [3.63, 3.8) is 0 Å². The molecule has 146 valence electrons. The molecule has 1 aliphatic rings. The first kappa shape index (κ1) is 19.1. The van der Waals surface area contributed by atoms with Crippen molar-refractivity contribution in [3.05, 3.63) is 78.4 Å². The highest BCUT2D eigenvalue weighted by atomic mass is 32.2. The topological polar surface area (TPSA) is 61.4 Å². The number of hydrogen-bond donors (Lipinski definition) is 2. The molecule has 3 aromatic rings. The lowest BCUT2D eigenvalue weighted by molar-refractivity contribution is 0.0944. The fraction of sp³-hybridized carbons (Fsp3) is 0.130. The van der Waals surface area contributed by atoms with Crippen LogP contribution in [0.3, 0.4) is 0 Å². The summed E-state index contributed by atoms with van der Waals surface area (Å²) in [7, 11) is 0. The van der Waals surface area contributed by atoms with Crippen LogP contribution in [-0.4, -0.2) is 18.0 Å². The van der Waals surface area contributed by atoms with Crippen molar-refractivity contribution in [2.24, 2.45) is 0 Å². The number of rotatable bonds is 3. The molecule has 3 amide bonds. The number of benzene rings is 3. The lowest BCUT2D eigenvalue weighted by Crippen LogP contribution is -2.34. The Labute approximate surface area is 174 Å². The SMILES string of the molecule is CC(C)NC(=O)c1ccccc1NC(=O)N1c2ccccc2Sc2ccccc21. The highest BCUT2D eigenvalue weighted by molar-refractivity contribution is 7.99. The molecular formula is C23H21N3O2S. The third kappa shape index (κ3) is 3.84. The van der Waals surface area contributed by atoms with Gasteiger partial charge in [0, 0.05) is 15.8 Å². The number of amides is 3. The van der Waals surface area contributed by atoms with E-state index in [0.29, 0.717) is 11.3 Å². The van der Waals surface area contributed by atoms with Crippen LogP contribution in [0.4, 0.5) is 21.9 Å². The second-order valence-corrected chi connectivity index (χ2v) is 8.06. The first-order valence-electron chi connectivity index (χ1n) is 9.41. The second-order valence-electron chi connectivity index (χ2n) is 6.98. The van der Waals surface area contributed by atoms with Gasteiger partial charge in [0.1, 0.15) is 0 Å². The quantitative estimate of drug-likeness (QED) is 0.593. The summed E-state index contributed by atoms with van der Waals surface area (Å²) >= 11 is 1.64. The Morgan fingerprint density at radius 1 is 0.828 bits per heavy atom. The highest BCUT2D eigenvalue weighted by Crippen LogP contribution is 2.48. The zero-order valence-electron chi connectivity index (χ0n) is 16.2. The van der Waals surface area contributed by atoms with Crippen LogP contribution in [-0.2, 0) is 0 Å². The molecule has 1 heterocycles. The lowest BCUT2D eigenvalue weighted by Gasteiger charge is -2.31. The molecule has 0 spiro atoms. The summed E-state index contributed by atoms with van der Waals surface area (Å²) in [6, 6.07) is 22.3. The average Bonchev–Trinajstić information content (AvgIpc) is 2.71. The fourth-order valence-corrected chi connectivity index (χ4v) is 4.28. The molecule has 6 heteroatoms. The van der Waals surface area contributed by atoms with E-state index in [2.05, 4.69) is 10.6 Å². The molecule has 0 aliphatic carbocycles. The van der Waals surface area contributed by atoms with Crippen molar-refractivity contribution >= 4 is 40.8 Å². The van der Waals surface area contributed by atoms with Gasteiger partial charge in [0.2, 0.25) is 0 Å². The number of carbonyl (C=O) groups is 2. The van der Waals surface area contributed by atoms with Gasteiger partial charge in [-0.05, 0) is 50.2 Å². The molecular weight excluding hydrogens is 382 g/mol. The maximum absolute atomic E-state index is 13.4. The van der Waals surface area contributed by atoms with Crippen LogP contribution in [0.2, 0.25) is 0 Å². The largest absolute Gasteiger partial charge is 0.350 e. The minimum Gasteiger partial charge on any atom is -0.350 e. The average molecular weight is 404 g/mol. The highest BCUT2D eigenvalue weighted by Gasteiger charge is 2.28. The number of nitrogens with one attached hydrogen (secondary N) is 2. The van der Waals surface area contributed by atoms with Crippen LogP contribution >= 0.6 is 11.8 Å². The minimum atomic E-state index is -0.310. The molecule has 0 bridgehead atoms. The van der Waals surface area contributed by atoms with E-state index in [1.165, 1.54) is 0 Å². The summed E-state index contributed by atoms with van der Waals surface area (Å²) in [6.45, 7) is 3.80. The summed E-state index contributed by atoms with van der Waals surface area (Å²) in [6.07, 6.45) is 0. The van der Waals surface area contributed by atoms with Gasteiger partial charge < -0.3 is 10.6 Å². The van der Waals surface area contributed by atoms with Gasteiger partial charge in [-0.1, -0.05) is 48.2 Å². The summed E-state index contributed by atoms with van der Waals surface area (Å²) in [4.78, 5) is 29.6. The smallest absolute Gasteiger partial charge is 0.331 e. The van der Waals surface area contributed by atoms with E-state index in [4.69, 9.17) is 0 Å². The van der Waals surface area contributed by atoms with Crippen molar-refractivity contribution in [2.75, 3.05) is 10.2 Å². The minimum absolute atomic E-state index is 0.00382. The predicted octanol–water partition coefficient (Wildman–Crippen LogP) is 5.66. The summed E-state index contributed by atoms with van der Waals surface area (Å²) in [5, 5.41) is 5.81. The van der Waals surface area contributed by atoms with E-state index in [0.717, 1.165) is 21.2 Å². The number of urea groups is 1. The molecule has 0 saturated carbocycles. The summed E-state index contributed by atoms with van der Waals surface area (Å²) in [5.74, 6) is -0.217. The number of fused-ring (bicyclic) bond motifs is 2. The Hall–Kier alpha value is -3.25. The maximum Gasteiger partial charge on any atom is 0.331 e. The Balaban J connectivity index is 1.70. The molecule has 0 radical (unpaired) electrons. The molecule has 4 rings (SSSR count). The van der Waals surface area contributed by atoms with Crippen LogP contribution in [0.5, 0.6) is 0 Å². The van der Waals surface area contributed by atoms with Gasteiger partial charge in [-0.2, -0.15) is 0 Å². The van der Waals surface area contributed by atoms with Crippen LogP contribution in [0, 0.1) is 0 Å². The van der Waals surface area contributed by atoms with Gasteiger partial charge in [0.05, 0.1) is 22.6 Å². The van der Waals surface area contributed by atoms with Crippen molar-refractivity contribution < 1.29 is 9.59 Å². The molecule has 3 aromatic carbocycles. The molecule has 5 nitrogen and oxygen atoms in total. The number of carbonyl (C=O) groups excluding carboxylic acids is 2. The van der Waals surface area contributed by atoms with Crippen molar-refractivity contribution in [1.82, 2.24) is 5.32 Å². The zero-order chi connectivity index (χ0) is 20.4. The number of anilines is 3. The lowest BCUT2D eigenvalue weighted by atomic mass is 10.1. The molecule has 0 unspecified atom stereocenters. The van der Waals surface area contributed by atoms with E-state index in [-0.39, 0.29) is 18.0 Å². The molecule has 0 aromatic heterocycles. The van der Waals surface area contributed by atoms with Crippen molar-refractivity contribution in [1.29, 1.82) is 0 Å². The number of para-hydroxylation sites is 3. The van der Waals surface area contributed by atoms with E-state index < -0.39 is 0 Å². The first-order chi connectivity index (χ1) is 14.0. The Morgan fingerprint density at radius 2 is 1.38 bits per heavy atom. The van der Waals surface area contributed by atoms with Crippen molar-refractivity contribution in [2.45, 2.75) is 29.7 Å². The van der Waals surface area contributed by atoms with Gasteiger partial charge in [-0.3, -0.25) is 9.69 Å². The molecule has 1 aliphatic heterocycles. The number of hydrogen-bond acceptors (Lipinski definition) is 3. The molecule has 0 fully saturated rings. The molecule has 0 saturated heterocycles. The van der Waals surface area contributed by atoms with Gasteiger partial charge in [0.15, 0.2) is 0 Å². The third-order valence-electron chi connectivity index (χ3n) is 4.47. The van der Waals surface area contributed by atoms with E-state index in [1.54, 1.807) is 40.9 Å². The van der Waals surface area contributed by atoms with Gasteiger partial charge in [0.25, 0.3) is 5.91 Å². The Morgan fingerprint density at radius 3 is 2.00 bits per heavy atom.